The minimum absolute atomic E-state index is 0.284. The van der Waals surface area contributed by atoms with Gasteiger partial charge in [0.05, 0.1) is 17.5 Å². The molecule has 1 rings (SSSR count). The smallest absolute Gasteiger partial charge is 0.0568 e. The Morgan fingerprint density at radius 1 is 1.36 bits per heavy atom. The number of nitrogens with one attached hydrogen (secondary N) is 1. The quantitative estimate of drug-likeness (QED) is 0.541. The summed E-state index contributed by atoms with van der Waals surface area (Å²) < 4.78 is 0. The molecule has 0 radical (unpaired) electrons. The van der Waals surface area contributed by atoms with Crippen LogP contribution < -0.4 is 16.8 Å². The Labute approximate surface area is 83.9 Å². The zero-order valence-electron chi connectivity index (χ0n) is 8.33. The Morgan fingerprint density at radius 2 is 2.07 bits per heavy atom. The maximum absolute atomic E-state index is 9.04. The second kappa shape index (κ2) is 4.72. The van der Waals surface area contributed by atoms with Gasteiger partial charge in [-0.2, -0.15) is 0 Å². The molecule has 0 heterocycles. The summed E-state index contributed by atoms with van der Waals surface area (Å²) in [6.45, 7) is 2.49. The first-order chi connectivity index (χ1) is 6.59. The summed E-state index contributed by atoms with van der Waals surface area (Å²) in [7, 11) is 0. The van der Waals surface area contributed by atoms with Gasteiger partial charge in [-0.15, -0.1) is 0 Å². The van der Waals surface area contributed by atoms with E-state index in [-0.39, 0.29) is 6.10 Å². The lowest BCUT2D eigenvalue weighted by Crippen LogP contribution is -2.10. The molecule has 1 atom stereocenters. The van der Waals surface area contributed by atoms with Gasteiger partial charge in [0.2, 0.25) is 0 Å². The number of nitrogens with two attached hydrogens (primary N) is 2. The van der Waals surface area contributed by atoms with Crippen molar-refractivity contribution in [3.8, 4) is 0 Å². The lowest BCUT2D eigenvalue weighted by molar-refractivity contribution is 0.189. The molecule has 0 saturated heterocycles. The van der Waals surface area contributed by atoms with E-state index in [2.05, 4.69) is 5.32 Å². The Balaban J connectivity index is 2.47. The highest BCUT2D eigenvalue weighted by Gasteiger charge is 1.98. The molecular formula is C10H17N3O. The molecule has 0 amide bonds. The van der Waals surface area contributed by atoms with Gasteiger partial charge < -0.3 is 21.9 Å². The molecule has 0 fully saturated rings. The normalized spacial score (nSPS) is 12.4. The van der Waals surface area contributed by atoms with Gasteiger partial charge in [-0.3, -0.25) is 0 Å². The molecule has 0 aliphatic heterocycles. The first-order valence-electron chi connectivity index (χ1n) is 4.66. The predicted octanol–water partition coefficient (Wildman–Crippen LogP) is 1.03. The van der Waals surface area contributed by atoms with E-state index in [4.69, 9.17) is 16.6 Å². The average Bonchev–Trinajstić information content (AvgIpc) is 2.10. The highest BCUT2D eigenvalue weighted by molar-refractivity contribution is 5.69. The molecule has 0 aromatic heterocycles. The SMILES string of the molecule is CC(O)CCNc1ccc(N)c(N)c1. The number of hydrogen-bond donors (Lipinski definition) is 4. The van der Waals surface area contributed by atoms with Crippen LogP contribution in [0.3, 0.4) is 0 Å². The van der Waals surface area contributed by atoms with Crippen LogP contribution in [0.1, 0.15) is 13.3 Å². The third kappa shape index (κ3) is 3.14. The minimum atomic E-state index is -0.284. The van der Waals surface area contributed by atoms with Crippen molar-refractivity contribution in [2.24, 2.45) is 0 Å². The van der Waals surface area contributed by atoms with Crippen molar-refractivity contribution in [3.63, 3.8) is 0 Å². The Hall–Kier alpha value is -1.42. The fourth-order valence-corrected chi connectivity index (χ4v) is 1.11. The summed E-state index contributed by atoms with van der Waals surface area (Å²) in [6, 6.07) is 5.42. The zero-order valence-corrected chi connectivity index (χ0v) is 8.33. The molecule has 0 bridgehead atoms. The number of aliphatic hydroxyl groups is 1. The molecule has 1 unspecified atom stereocenters. The first-order valence-corrected chi connectivity index (χ1v) is 4.66. The van der Waals surface area contributed by atoms with Gasteiger partial charge in [-0.1, -0.05) is 0 Å². The number of anilines is 3. The number of nitrogen functional groups attached to an aromatic ring is 2. The third-order valence-electron chi connectivity index (χ3n) is 1.98. The molecule has 14 heavy (non-hydrogen) atoms. The van der Waals surface area contributed by atoms with E-state index in [1.807, 2.05) is 6.07 Å². The first kappa shape index (κ1) is 10.7. The fourth-order valence-electron chi connectivity index (χ4n) is 1.11. The van der Waals surface area contributed by atoms with Crippen LogP contribution in [0.15, 0.2) is 18.2 Å². The van der Waals surface area contributed by atoms with Gasteiger partial charge in [0.15, 0.2) is 0 Å². The minimum Gasteiger partial charge on any atom is -0.397 e. The molecule has 1 aromatic rings. The van der Waals surface area contributed by atoms with Crippen molar-refractivity contribution in [3.05, 3.63) is 18.2 Å². The fraction of sp³-hybridized carbons (Fsp3) is 0.400. The van der Waals surface area contributed by atoms with Gasteiger partial charge >= 0.3 is 0 Å². The molecule has 0 aliphatic rings. The zero-order chi connectivity index (χ0) is 10.6. The van der Waals surface area contributed by atoms with Crippen molar-refractivity contribution in [2.75, 3.05) is 23.3 Å². The van der Waals surface area contributed by atoms with E-state index >= 15 is 0 Å². The number of rotatable bonds is 4. The van der Waals surface area contributed by atoms with Gasteiger partial charge in [0, 0.05) is 12.2 Å². The van der Waals surface area contributed by atoms with Crippen LogP contribution in [0.25, 0.3) is 0 Å². The van der Waals surface area contributed by atoms with Gasteiger partial charge in [0.25, 0.3) is 0 Å². The molecule has 78 valence electrons. The van der Waals surface area contributed by atoms with Gasteiger partial charge in [-0.25, -0.2) is 0 Å². The lowest BCUT2D eigenvalue weighted by atomic mass is 10.2. The maximum atomic E-state index is 9.04. The van der Waals surface area contributed by atoms with E-state index < -0.39 is 0 Å². The van der Waals surface area contributed by atoms with Crippen molar-refractivity contribution in [1.29, 1.82) is 0 Å². The Bertz CT molecular complexity index is 299. The summed E-state index contributed by atoms with van der Waals surface area (Å²) in [5, 5.41) is 12.2. The largest absolute Gasteiger partial charge is 0.397 e. The maximum Gasteiger partial charge on any atom is 0.0568 e. The Morgan fingerprint density at radius 3 is 2.64 bits per heavy atom. The Kier molecular flexibility index (Phi) is 3.59. The molecule has 0 spiro atoms. The van der Waals surface area contributed by atoms with E-state index in [1.54, 1.807) is 19.1 Å². The predicted molar refractivity (Wildman–Crippen MR) is 60.1 cm³/mol. The van der Waals surface area contributed by atoms with Crippen molar-refractivity contribution in [2.45, 2.75) is 19.4 Å². The van der Waals surface area contributed by atoms with Crippen LogP contribution in [-0.4, -0.2) is 17.8 Å². The van der Waals surface area contributed by atoms with Crippen LogP contribution in [0.2, 0.25) is 0 Å². The van der Waals surface area contributed by atoms with Crippen LogP contribution in [0.4, 0.5) is 17.1 Å². The average molecular weight is 195 g/mol. The summed E-state index contributed by atoms with van der Waals surface area (Å²) in [6.07, 6.45) is 0.429. The molecule has 1 aromatic carbocycles. The van der Waals surface area contributed by atoms with E-state index in [9.17, 15) is 0 Å². The van der Waals surface area contributed by atoms with Crippen LogP contribution in [0.5, 0.6) is 0 Å². The lowest BCUT2D eigenvalue weighted by Gasteiger charge is -2.09. The monoisotopic (exact) mass is 195 g/mol. The second-order valence-electron chi connectivity index (χ2n) is 3.41. The van der Waals surface area contributed by atoms with Crippen molar-refractivity contribution >= 4 is 17.1 Å². The number of benzene rings is 1. The van der Waals surface area contributed by atoms with Crippen LogP contribution in [-0.2, 0) is 0 Å². The third-order valence-corrected chi connectivity index (χ3v) is 1.98. The van der Waals surface area contributed by atoms with Crippen LogP contribution in [0, 0.1) is 0 Å². The molecule has 6 N–H and O–H groups in total. The standard InChI is InChI=1S/C10H17N3O/c1-7(14)4-5-13-8-2-3-9(11)10(12)6-8/h2-3,6-7,13-14H,4-5,11-12H2,1H3. The van der Waals surface area contributed by atoms with E-state index in [1.165, 1.54) is 0 Å². The highest BCUT2D eigenvalue weighted by Crippen LogP contribution is 2.19. The summed E-state index contributed by atoms with van der Waals surface area (Å²) in [5.41, 5.74) is 13.3. The number of hydrogen-bond acceptors (Lipinski definition) is 4. The van der Waals surface area contributed by atoms with Crippen molar-refractivity contribution in [1.82, 2.24) is 0 Å². The topological polar surface area (TPSA) is 84.3 Å². The van der Waals surface area contributed by atoms with Gasteiger partial charge in [0.1, 0.15) is 0 Å². The molecule has 4 nitrogen and oxygen atoms in total. The summed E-state index contributed by atoms with van der Waals surface area (Å²) in [5.74, 6) is 0. The summed E-state index contributed by atoms with van der Waals surface area (Å²) in [4.78, 5) is 0. The highest BCUT2D eigenvalue weighted by atomic mass is 16.3. The van der Waals surface area contributed by atoms with Crippen LogP contribution >= 0.6 is 0 Å². The van der Waals surface area contributed by atoms with Gasteiger partial charge in [-0.05, 0) is 31.5 Å². The molecule has 0 saturated carbocycles. The molecular weight excluding hydrogens is 178 g/mol. The molecule has 0 aliphatic carbocycles. The van der Waals surface area contributed by atoms with E-state index in [0.717, 1.165) is 12.2 Å². The van der Waals surface area contributed by atoms with E-state index in [0.29, 0.717) is 17.8 Å². The number of aliphatic hydroxyl groups excluding tert-OH is 1. The second-order valence-corrected chi connectivity index (χ2v) is 3.41. The molecule has 4 heteroatoms. The summed E-state index contributed by atoms with van der Waals surface area (Å²) >= 11 is 0. The van der Waals surface area contributed by atoms with Crippen molar-refractivity contribution < 1.29 is 5.11 Å².